The molecule has 90 valence electrons. The van der Waals surface area contributed by atoms with E-state index in [1.54, 1.807) is 12.1 Å². The van der Waals surface area contributed by atoms with Crippen LogP contribution in [0.2, 0.25) is 0 Å². The van der Waals surface area contributed by atoms with E-state index in [9.17, 15) is 4.39 Å². The lowest BCUT2D eigenvalue weighted by Crippen LogP contribution is -1.98. The van der Waals surface area contributed by atoms with Crippen LogP contribution in [0.25, 0.3) is 21.6 Å². The Bertz CT molecular complexity index is 721. The molecule has 0 saturated heterocycles. The highest BCUT2D eigenvalue weighted by Crippen LogP contribution is 2.32. The van der Waals surface area contributed by atoms with Crippen LogP contribution in [0.4, 0.5) is 10.2 Å². The monoisotopic (exact) mass is 323 g/mol. The average molecular weight is 324 g/mol. The second kappa shape index (κ2) is 4.29. The SMILES string of the molecule is Nc1nc(-c2c(F)cccc2Br)nc2sccc12. The molecule has 3 nitrogen and oxygen atoms in total. The first-order valence-corrected chi connectivity index (χ1v) is 6.79. The summed E-state index contributed by atoms with van der Waals surface area (Å²) in [5, 5.41) is 2.69. The molecule has 0 saturated carbocycles. The van der Waals surface area contributed by atoms with Crippen molar-refractivity contribution in [3.63, 3.8) is 0 Å². The van der Waals surface area contributed by atoms with Crippen molar-refractivity contribution in [3.8, 4) is 11.4 Å². The zero-order chi connectivity index (χ0) is 12.7. The fraction of sp³-hybridized carbons (Fsp3) is 0. The molecule has 1 aromatic carbocycles. The molecule has 0 atom stereocenters. The van der Waals surface area contributed by atoms with E-state index in [4.69, 9.17) is 5.73 Å². The predicted molar refractivity (Wildman–Crippen MR) is 74.9 cm³/mol. The van der Waals surface area contributed by atoms with Crippen molar-refractivity contribution in [2.45, 2.75) is 0 Å². The first-order chi connectivity index (χ1) is 8.66. The van der Waals surface area contributed by atoms with Gasteiger partial charge in [-0.05, 0) is 39.5 Å². The Labute approximate surface area is 115 Å². The Balaban J connectivity index is 2.31. The van der Waals surface area contributed by atoms with Gasteiger partial charge in [0.05, 0.1) is 10.9 Å². The van der Waals surface area contributed by atoms with Crippen molar-refractivity contribution in [2.24, 2.45) is 0 Å². The molecule has 2 N–H and O–H groups in total. The van der Waals surface area contributed by atoms with Crippen LogP contribution in [0.5, 0.6) is 0 Å². The summed E-state index contributed by atoms with van der Waals surface area (Å²) >= 11 is 4.76. The highest BCUT2D eigenvalue weighted by atomic mass is 79.9. The second-order valence-electron chi connectivity index (χ2n) is 3.67. The van der Waals surface area contributed by atoms with E-state index in [1.807, 2.05) is 11.4 Å². The maximum absolute atomic E-state index is 13.8. The lowest BCUT2D eigenvalue weighted by atomic mass is 10.2. The smallest absolute Gasteiger partial charge is 0.167 e. The Kier molecular flexibility index (Phi) is 2.76. The van der Waals surface area contributed by atoms with Crippen LogP contribution >= 0.6 is 27.3 Å². The van der Waals surface area contributed by atoms with Gasteiger partial charge in [-0.2, -0.15) is 0 Å². The summed E-state index contributed by atoms with van der Waals surface area (Å²) in [6, 6.07) is 6.60. The standard InChI is InChI=1S/C12H7BrFN3S/c13-7-2-1-3-8(14)9(7)11-16-10(15)6-4-5-18-12(6)17-11/h1-5H,(H2,15,16,17). The number of hydrogen-bond acceptors (Lipinski definition) is 4. The molecule has 0 fully saturated rings. The number of thiophene rings is 1. The number of nitrogens with zero attached hydrogens (tertiary/aromatic N) is 2. The van der Waals surface area contributed by atoms with Gasteiger partial charge in [-0.1, -0.05) is 6.07 Å². The quantitative estimate of drug-likeness (QED) is 0.740. The van der Waals surface area contributed by atoms with Gasteiger partial charge in [0.15, 0.2) is 5.82 Å². The zero-order valence-electron chi connectivity index (χ0n) is 9.02. The molecular weight excluding hydrogens is 317 g/mol. The second-order valence-corrected chi connectivity index (χ2v) is 5.42. The highest BCUT2D eigenvalue weighted by molar-refractivity contribution is 9.10. The van der Waals surface area contributed by atoms with Crippen LogP contribution in [0.15, 0.2) is 34.1 Å². The number of rotatable bonds is 1. The lowest BCUT2D eigenvalue weighted by Gasteiger charge is -2.06. The summed E-state index contributed by atoms with van der Waals surface area (Å²) in [5.41, 5.74) is 6.19. The van der Waals surface area contributed by atoms with Gasteiger partial charge in [0.1, 0.15) is 16.5 Å². The van der Waals surface area contributed by atoms with E-state index in [0.717, 1.165) is 10.2 Å². The molecule has 3 rings (SSSR count). The van der Waals surface area contributed by atoms with E-state index < -0.39 is 0 Å². The molecule has 0 aliphatic carbocycles. The largest absolute Gasteiger partial charge is 0.383 e. The van der Waals surface area contributed by atoms with Crippen molar-refractivity contribution in [2.75, 3.05) is 5.73 Å². The Morgan fingerprint density at radius 3 is 2.83 bits per heavy atom. The van der Waals surface area contributed by atoms with Crippen molar-refractivity contribution in [3.05, 3.63) is 39.9 Å². The molecule has 2 aromatic heterocycles. The van der Waals surface area contributed by atoms with Crippen LogP contribution in [-0.4, -0.2) is 9.97 Å². The van der Waals surface area contributed by atoms with Gasteiger partial charge < -0.3 is 5.73 Å². The van der Waals surface area contributed by atoms with Gasteiger partial charge in [0, 0.05) is 4.47 Å². The third kappa shape index (κ3) is 1.77. The number of fused-ring (bicyclic) bond motifs is 1. The summed E-state index contributed by atoms with van der Waals surface area (Å²) < 4.78 is 14.5. The number of hydrogen-bond donors (Lipinski definition) is 1. The van der Waals surface area contributed by atoms with Crippen LogP contribution in [-0.2, 0) is 0 Å². The number of benzene rings is 1. The van der Waals surface area contributed by atoms with E-state index in [2.05, 4.69) is 25.9 Å². The molecule has 18 heavy (non-hydrogen) atoms. The minimum atomic E-state index is -0.375. The summed E-state index contributed by atoms with van der Waals surface area (Å²) in [5.74, 6) is 0.290. The molecular formula is C12H7BrFN3S. The van der Waals surface area contributed by atoms with Crippen molar-refractivity contribution in [1.29, 1.82) is 0 Å². The van der Waals surface area contributed by atoms with E-state index in [1.165, 1.54) is 17.4 Å². The summed E-state index contributed by atoms with van der Waals surface area (Å²) in [7, 11) is 0. The normalized spacial score (nSPS) is 11.0. The van der Waals surface area contributed by atoms with Crippen LogP contribution < -0.4 is 5.73 Å². The van der Waals surface area contributed by atoms with Gasteiger partial charge in [-0.3, -0.25) is 0 Å². The van der Waals surface area contributed by atoms with Crippen LogP contribution in [0, 0.1) is 5.82 Å². The predicted octanol–water partition coefficient (Wildman–Crippen LogP) is 3.84. The topological polar surface area (TPSA) is 51.8 Å². The minimum absolute atomic E-state index is 0.299. The maximum atomic E-state index is 13.8. The molecule has 0 aliphatic rings. The van der Waals surface area contributed by atoms with Crippen LogP contribution in [0.1, 0.15) is 0 Å². The molecule has 0 radical (unpaired) electrons. The third-order valence-corrected chi connectivity index (χ3v) is 4.01. The molecule has 0 unspecified atom stereocenters. The van der Waals surface area contributed by atoms with Gasteiger partial charge in [0.2, 0.25) is 0 Å². The van der Waals surface area contributed by atoms with Crippen molar-refractivity contribution < 1.29 is 4.39 Å². The Morgan fingerprint density at radius 1 is 1.22 bits per heavy atom. The van der Waals surface area contributed by atoms with Crippen molar-refractivity contribution in [1.82, 2.24) is 9.97 Å². The number of aromatic nitrogens is 2. The number of halogens is 2. The Hall–Kier alpha value is -1.53. The fourth-order valence-corrected chi connectivity index (χ4v) is 2.99. The summed E-state index contributed by atoms with van der Waals surface area (Å²) in [4.78, 5) is 9.27. The van der Waals surface area contributed by atoms with E-state index in [-0.39, 0.29) is 5.82 Å². The number of anilines is 1. The molecule has 0 bridgehead atoms. The van der Waals surface area contributed by atoms with Gasteiger partial charge >= 0.3 is 0 Å². The van der Waals surface area contributed by atoms with Crippen LogP contribution in [0.3, 0.4) is 0 Å². The molecule has 2 heterocycles. The highest BCUT2D eigenvalue weighted by Gasteiger charge is 2.14. The maximum Gasteiger partial charge on any atom is 0.167 e. The number of nitrogens with two attached hydrogens (primary N) is 1. The fourth-order valence-electron chi connectivity index (χ4n) is 1.70. The molecule has 0 aliphatic heterocycles. The first-order valence-electron chi connectivity index (χ1n) is 5.12. The third-order valence-electron chi connectivity index (χ3n) is 2.54. The van der Waals surface area contributed by atoms with Gasteiger partial charge in [-0.25, -0.2) is 14.4 Å². The molecule has 3 aromatic rings. The van der Waals surface area contributed by atoms with Crippen molar-refractivity contribution >= 4 is 43.3 Å². The average Bonchev–Trinajstić information content (AvgIpc) is 2.77. The zero-order valence-corrected chi connectivity index (χ0v) is 11.4. The minimum Gasteiger partial charge on any atom is -0.383 e. The Morgan fingerprint density at radius 2 is 2.06 bits per heavy atom. The first kappa shape index (κ1) is 11.6. The van der Waals surface area contributed by atoms with Gasteiger partial charge in [0.25, 0.3) is 0 Å². The van der Waals surface area contributed by atoms with E-state index in [0.29, 0.717) is 21.7 Å². The van der Waals surface area contributed by atoms with E-state index >= 15 is 0 Å². The molecule has 6 heteroatoms. The number of nitrogen functional groups attached to an aromatic ring is 1. The molecule has 0 amide bonds. The summed E-state index contributed by atoms with van der Waals surface area (Å²) in [6.45, 7) is 0. The summed E-state index contributed by atoms with van der Waals surface area (Å²) in [6.07, 6.45) is 0. The molecule has 0 spiro atoms. The van der Waals surface area contributed by atoms with Gasteiger partial charge in [-0.15, -0.1) is 11.3 Å². The lowest BCUT2D eigenvalue weighted by molar-refractivity contribution is 0.629.